The molecule has 1 aliphatic carbocycles. The molecule has 3 N–H and O–H groups in total. The lowest BCUT2D eigenvalue weighted by Crippen LogP contribution is -2.48. The summed E-state index contributed by atoms with van der Waals surface area (Å²) in [4.78, 5) is 21.2. The number of aliphatic imine (C=N–C) groups is 1. The lowest BCUT2D eigenvalue weighted by molar-refractivity contribution is 0.0490. The molecule has 1 heterocycles. The quantitative estimate of drug-likeness (QED) is 0.458. The second-order valence-electron chi connectivity index (χ2n) is 9.04. The van der Waals surface area contributed by atoms with Gasteiger partial charge < -0.3 is 25.1 Å². The first-order chi connectivity index (χ1) is 15.3. The fourth-order valence-corrected chi connectivity index (χ4v) is 3.62. The monoisotopic (exact) mass is 441 g/mol. The number of hydrogen-bond acceptors (Lipinski definition) is 5. The van der Waals surface area contributed by atoms with Gasteiger partial charge in [0.25, 0.3) is 0 Å². The molecule has 2 aromatic rings. The summed E-state index contributed by atoms with van der Waals surface area (Å²) >= 11 is 0. The molecule has 3 rings (SSSR count). The summed E-state index contributed by atoms with van der Waals surface area (Å²) in [5.41, 5.74) is 1.25. The van der Waals surface area contributed by atoms with E-state index in [-0.39, 0.29) is 12.1 Å². The van der Waals surface area contributed by atoms with Crippen LogP contribution in [0, 0.1) is 0 Å². The summed E-state index contributed by atoms with van der Waals surface area (Å²) in [6.45, 7) is 8.86. The van der Waals surface area contributed by atoms with Crippen LogP contribution in [0.2, 0.25) is 0 Å². The molecule has 1 aromatic carbocycles. The van der Waals surface area contributed by atoms with Crippen molar-refractivity contribution in [2.75, 3.05) is 6.54 Å². The van der Waals surface area contributed by atoms with Crippen molar-refractivity contribution < 1.29 is 13.9 Å². The first-order valence-electron chi connectivity index (χ1n) is 11.4. The van der Waals surface area contributed by atoms with Gasteiger partial charge in [0.05, 0.1) is 6.54 Å². The number of ether oxygens (including phenoxy) is 1. The minimum absolute atomic E-state index is 0.147. The number of aromatic nitrogens is 1. The van der Waals surface area contributed by atoms with Crippen molar-refractivity contribution in [3.63, 3.8) is 0 Å². The molecule has 0 aliphatic heterocycles. The molecule has 1 amide bonds. The Labute approximate surface area is 190 Å². The molecule has 1 saturated carbocycles. The van der Waals surface area contributed by atoms with Crippen molar-refractivity contribution in [3.8, 4) is 11.5 Å². The number of nitrogens with one attached hydrogen (secondary N) is 3. The number of alkyl carbamates (subject to hydrolysis) is 1. The van der Waals surface area contributed by atoms with E-state index >= 15 is 0 Å². The van der Waals surface area contributed by atoms with Crippen LogP contribution in [-0.2, 0) is 11.3 Å². The van der Waals surface area contributed by atoms with Crippen LogP contribution >= 0.6 is 0 Å². The number of rotatable bonds is 6. The molecule has 8 heteroatoms. The van der Waals surface area contributed by atoms with Gasteiger partial charge in [-0.3, -0.25) is 0 Å². The van der Waals surface area contributed by atoms with Crippen molar-refractivity contribution in [3.05, 3.63) is 42.3 Å². The molecule has 0 unspecified atom stereocenters. The van der Waals surface area contributed by atoms with Gasteiger partial charge in [-0.1, -0.05) is 18.2 Å². The number of amides is 1. The Morgan fingerprint density at radius 2 is 1.78 bits per heavy atom. The van der Waals surface area contributed by atoms with Crippen molar-refractivity contribution in [2.24, 2.45) is 4.99 Å². The van der Waals surface area contributed by atoms with E-state index in [0.29, 0.717) is 18.5 Å². The first kappa shape index (κ1) is 23.6. The molecule has 0 spiro atoms. The van der Waals surface area contributed by atoms with Gasteiger partial charge in [-0.2, -0.15) is 0 Å². The van der Waals surface area contributed by atoms with Crippen LogP contribution in [0.4, 0.5) is 4.79 Å². The normalized spacial score (nSPS) is 19.3. The molecule has 0 bridgehead atoms. The Morgan fingerprint density at radius 3 is 2.41 bits per heavy atom. The largest absolute Gasteiger partial charge is 0.444 e. The molecule has 0 radical (unpaired) electrons. The first-order valence-corrected chi connectivity index (χ1v) is 11.4. The summed E-state index contributed by atoms with van der Waals surface area (Å²) in [7, 11) is 0. The number of benzene rings is 1. The summed E-state index contributed by atoms with van der Waals surface area (Å²) in [5.74, 6) is 1.37. The van der Waals surface area contributed by atoms with Crippen LogP contribution in [0.1, 0.15) is 59.1 Å². The minimum atomic E-state index is -0.480. The molecule has 174 valence electrons. The van der Waals surface area contributed by atoms with Gasteiger partial charge in [-0.05, 0) is 65.5 Å². The maximum Gasteiger partial charge on any atom is 0.407 e. The SMILES string of the molecule is CCNC(=NCc1coc(-c2ccccc2)n1)NC1CCC(NC(=O)OC(C)(C)C)CC1. The highest BCUT2D eigenvalue weighted by atomic mass is 16.6. The molecule has 1 aliphatic rings. The highest BCUT2D eigenvalue weighted by Crippen LogP contribution is 2.20. The topological polar surface area (TPSA) is 101 Å². The van der Waals surface area contributed by atoms with E-state index in [4.69, 9.17) is 9.15 Å². The predicted molar refractivity (Wildman–Crippen MR) is 125 cm³/mol. The maximum atomic E-state index is 12.0. The van der Waals surface area contributed by atoms with Crippen LogP contribution < -0.4 is 16.0 Å². The van der Waals surface area contributed by atoms with E-state index in [1.165, 1.54) is 0 Å². The summed E-state index contributed by atoms with van der Waals surface area (Å²) in [6.07, 6.45) is 5.02. The van der Waals surface area contributed by atoms with E-state index in [9.17, 15) is 4.79 Å². The average molecular weight is 442 g/mol. The number of oxazole rings is 1. The molecule has 1 aromatic heterocycles. The van der Waals surface area contributed by atoms with Crippen LogP contribution in [0.15, 0.2) is 46.0 Å². The van der Waals surface area contributed by atoms with Gasteiger partial charge in [0.2, 0.25) is 5.89 Å². The lowest BCUT2D eigenvalue weighted by Gasteiger charge is -2.31. The summed E-state index contributed by atoms with van der Waals surface area (Å²) in [6, 6.07) is 10.3. The van der Waals surface area contributed by atoms with Crippen LogP contribution in [0.5, 0.6) is 0 Å². The van der Waals surface area contributed by atoms with Gasteiger partial charge in [0.1, 0.15) is 17.6 Å². The van der Waals surface area contributed by atoms with E-state index < -0.39 is 5.60 Å². The molecule has 0 saturated heterocycles. The number of carbonyl (C=O) groups excluding carboxylic acids is 1. The second-order valence-corrected chi connectivity index (χ2v) is 9.04. The van der Waals surface area contributed by atoms with Crippen LogP contribution in [0.25, 0.3) is 11.5 Å². The predicted octanol–water partition coefficient (Wildman–Crippen LogP) is 4.23. The third-order valence-corrected chi connectivity index (χ3v) is 5.10. The second kappa shape index (κ2) is 11.0. The zero-order chi connectivity index (χ0) is 23.0. The van der Waals surface area contributed by atoms with Crippen molar-refractivity contribution >= 4 is 12.1 Å². The molecular weight excluding hydrogens is 406 g/mol. The minimum Gasteiger partial charge on any atom is -0.444 e. The van der Waals surface area contributed by atoms with E-state index in [1.807, 2.05) is 58.0 Å². The van der Waals surface area contributed by atoms with Crippen molar-refractivity contribution in [1.82, 2.24) is 20.9 Å². The zero-order valence-corrected chi connectivity index (χ0v) is 19.5. The van der Waals surface area contributed by atoms with Crippen molar-refractivity contribution in [1.29, 1.82) is 0 Å². The fourth-order valence-electron chi connectivity index (χ4n) is 3.62. The Morgan fingerprint density at radius 1 is 1.12 bits per heavy atom. The third kappa shape index (κ3) is 7.59. The standard InChI is InChI=1S/C24H35N5O3/c1-5-25-22(26-15-20-16-31-21(27-20)17-9-7-6-8-10-17)28-18-11-13-19(14-12-18)29-23(30)32-24(2,3)4/h6-10,16,18-19H,5,11-15H2,1-4H3,(H,29,30)(H2,25,26,28). The summed E-state index contributed by atoms with van der Waals surface area (Å²) in [5, 5.41) is 9.80. The summed E-state index contributed by atoms with van der Waals surface area (Å²) < 4.78 is 11.0. The fraction of sp³-hybridized carbons (Fsp3) is 0.542. The molecular formula is C24H35N5O3. The van der Waals surface area contributed by atoms with E-state index in [2.05, 4.69) is 25.9 Å². The molecule has 1 fully saturated rings. The highest BCUT2D eigenvalue weighted by molar-refractivity contribution is 5.80. The number of guanidine groups is 1. The maximum absolute atomic E-state index is 12.0. The van der Waals surface area contributed by atoms with Crippen LogP contribution in [-0.4, -0.2) is 41.3 Å². The van der Waals surface area contributed by atoms with E-state index in [0.717, 1.165) is 49.4 Å². The van der Waals surface area contributed by atoms with Crippen molar-refractivity contribution in [2.45, 2.75) is 77.6 Å². The Bertz CT molecular complexity index is 881. The van der Waals surface area contributed by atoms with E-state index in [1.54, 1.807) is 6.26 Å². The van der Waals surface area contributed by atoms with Gasteiger partial charge >= 0.3 is 6.09 Å². The Hall–Kier alpha value is -3.03. The van der Waals surface area contributed by atoms with Gasteiger partial charge in [-0.15, -0.1) is 0 Å². The van der Waals surface area contributed by atoms with Crippen LogP contribution in [0.3, 0.4) is 0 Å². The third-order valence-electron chi connectivity index (χ3n) is 5.10. The number of carbonyl (C=O) groups is 1. The van der Waals surface area contributed by atoms with Gasteiger partial charge in [-0.25, -0.2) is 14.8 Å². The van der Waals surface area contributed by atoms with Gasteiger partial charge in [0.15, 0.2) is 5.96 Å². The molecule has 0 atom stereocenters. The average Bonchev–Trinajstić information content (AvgIpc) is 3.22. The number of nitrogens with zero attached hydrogens (tertiary/aromatic N) is 2. The molecule has 32 heavy (non-hydrogen) atoms. The number of hydrogen-bond donors (Lipinski definition) is 3. The Balaban J connectivity index is 1.49. The van der Waals surface area contributed by atoms with Gasteiger partial charge in [0, 0.05) is 24.2 Å². The lowest BCUT2D eigenvalue weighted by atomic mass is 9.91. The molecule has 8 nitrogen and oxygen atoms in total. The smallest absolute Gasteiger partial charge is 0.407 e. The Kier molecular flexibility index (Phi) is 8.14. The zero-order valence-electron chi connectivity index (χ0n) is 19.5. The highest BCUT2D eigenvalue weighted by Gasteiger charge is 2.25.